The van der Waals surface area contributed by atoms with E-state index in [0.29, 0.717) is 24.4 Å². The maximum absolute atomic E-state index is 12.6. The zero-order valence-corrected chi connectivity index (χ0v) is 13.4. The van der Waals surface area contributed by atoms with Gasteiger partial charge in [0.1, 0.15) is 5.75 Å². The highest BCUT2D eigenvalue weighted by Gasteiger charge is 2.21. The van der Waals surface area contributed by atoms with Crippen molar-refractivity contribution in [3.8, 4) is 11.8 Å². The molecule has 0 heterocycles. The molecule has 23 heavy (non-hydrogen) atoms. The van der Waals surface area contributed by atoms with Crippen LogP contribution in [-0.4, -0.2) is 23.5 Å². The standard InChI is InChI=1S/C19H20N2O2/c1-3-21(14-17-7-5-4-6-8-17)19(22)15(2)23-18-11-9-16(13-20)10-12-18/h4-12,15H,3,14H2,1-2H3. The van der Waals surface area contributed by atoms with Crippen molar-refractivity contribution in [3.05, 3.63) is 65.7 Å². The average Bonchev–Trinajstić information content (AvgIpc) is 2.60. The Kier molecular flexibility index (Phi) is 5.76. The van der Waals surface area contributed by atoms with E-state index < -0.39 is 6.10 Å². The number of nitrogens with zero attached hydrogens (tertiary/aromatic N) is 2. The van der Waals surface area contributed by atoms with Crippen LogP contribution in [0, 0.1) is 11.3 Å². The smallest absolute Gasteiger partial charge is 0.263 e. The summed E-state index contributed by atoms with van der Waals surface area (Å²) in [5, 5.41) is 8.79. The number of carbonyl (C=O) groups is 1. The number of carbonyl (C=O) groups excluding carboxylic acids is 1. The molecule has 1 atom stereocenters. The second kappa shape index (κ2) is 8.00. The van der Waals surface area contributed by atoms with E-state index >= 15 is 0 Å². The van der Waals surface area contributed by atoms with Gasteiger partial charge in [-0.15, -0.1) is 0 Å². The molecule has 4 heteroatoms. The molecule has 0 fully saturated rings. The molecule has 118 valence electrons. The highest BCUT2D eigenvalue weighted by atomic mass is 16.5. The van der Waals surface area contributed by atoms with Crippen LogP contribution in [0.3, 0.4) is 0 Å². The van der Waals surface area contributed by atoms with Crippen molar-refractivity contribution in [2.24, 2.45) is 0 Å². The molecule has 4 nitrogen and oxygen atoms in total. The van der Waals surface area contributed by atoms with Crippen LogP contribution in [0.15, 0.2) is 54.6 Å². The van der Waals surface area contributed by atoms with E-state index in [2.05, 4.69) is 6.07 Å². The van der Waals surface area contributed by atoms with Gasteiger partial charge in [-0.05, 0) is 43.7 Å². The van der Waals surface area contributed by atoms with Crippen molar-refractivity contribution in [2.45, 2.75) is 26.5 Å². The van der Waals surface area contributed by atoms with Crippen LogP contribution in [-0.2, 0) is 11.3 Å². The minimum Gasteiger partial charge on any atom is -0.481 e. The van der Waals surface area contributed by atoms with Gasteiger partial charge in [0.25, 0.3) is 5.91 Å². The van der Waals surface area contributed by atoms with Crippen LogP contribution in [0.25, 0.3) is 0 Å². The van der Waals surface area contributed by atoms with Crippen molar-refractivity contribution in [1.82, 2.24) is 4.90 Å². The lowest BCUT2D eigenvalue weighted by molar-refractivity contribution is -0.138. The Morgan fingerprint density at radius 3 is 2.39 bits per heavy atom. The zero-order valence-electron chi connectivity index (χ0n) is 13.4. The summed E-state index contributed by atoms with van der Waals surface area (Å²) < 4.78 is 5.70. The number of nitriles is 1. The second-order valence-corrected chi connectivity index (χ2v) is 5.23. The van der Waals surface area contributed by atoms with Crippen LogP contribution in [0.4, 0.5) is 0 Å². The number of amides is 1. The summed E-state index contributed by atoms with van der Waals surface area (Å²) in [7, 11) is 0. The summed E-state index contributed by atoms with van der Waals surface area (Å²) in [5.41, 5.74) is 1.66. The molecule has 0 bridgehead atoms. The topological polar surface area (TPSA) is 53.3 Å². The van der Waals surface area contributed by atoms with E-state index in [4.69, 9.17) is 10.00 Å². The number of hydrogen-bond donors (Lipinski definition) is 0. The molecular formula is C19H20N2O2. The highest BCUT2D eigenvalue weighted by Crippen LogP contribution is 2.15. The second-order valence-electron chi connectivity index (χ2n) is 5.23. The van der Waals surface area contributed by atoms with E-state index in [0.717, 1.165) is 5.56 Å². The number of benzene rings is 2. The maximum Gasteiger partial charge on any atom is 0.263 e. The maximum atomic E-state index is 12.6. The van der Waals surface area contributed by atoms with Gasteiger partial charge in [-0.3, -0.25) is 4.79 Å². The lowest BCUT2D eigenvalue weighted by atomic mass is 10.2. The Morgan fingerprint density at radius 1 is 1.17 bits per heavy atom. The van der Waals surface area contributed by atoms with Gasteiger partial charge in [-0.1, -0.05) is 30.3 Å². The SMILES string of the molecule is CCN(Cc1ccccc1)C(=O)C(C)Oc1ccc(C#N)cc1. The Balaban J connectivity index is 2.00. The molecule has 0 aliphatic rings. The molecule has 0 saturated heterocycles. The average molecular weight is 308 g/mol. The van der Waals surface area contributed by atoms with Gasteiger partial charge in [0, 0.05) is 13.1 Å². The first kappa shape index (κ1) is 16.6. The summed E-state index contributed by atoms with van der Waals surface area (Å²) >= 11 is 0. The van der Waals surface area contributed by atoms with Gasteiger partial charge >= 0.3 is 0 Å². The van der Waals surface area contributed by atoms with Gasteiger partial charge < -0.3 is 9.64 Å². The molecule has 1 unspecified atom stereocenters. The van der Waals surface area contributed by atoms with E-state index in [1.165, 1.54) is 0 Å². The first-order valence-corrected chi connectivity index (χ1v) is 7.63. The Morgan fingerprint density at radius 2 is 1.83 bits per heavy atom. The molecule has 0 aliphatic carbocycles. The fourth-order valence-electron chi connectivity index (χ4n) is 2.27. The molecular weight excluding hydrogens is 288 g/mol. The third-order valence-electron chi connectivity index (χ3n) is 3.55. The number of likely N-dealkylation sites (N-methyl/N-ethyl adjacent to an activating group) is 1. The van der Waals surface area contributed by atoms with Crippen molar-refractivity contribution < 1.29 is 9.53 Å². The van der Waals surface area contributed by atoms with Crippen molar-refractivity contribution in [1.29, 1.82) is 5.26 Å². The molecule has 1 amide bonds. The molecule has 0 radical (unpaired) electrons. The van der Waals surface area contributed by atoms with Crippen LogP contribution < -0.4 is 4.74 Å². The van der Waals surface area contributed by atoms with E-state index in [9.17, 15) is 4.79 Å². The van der Waals surface area contributed by atoms with Gasteiger partial charge in [0.05, 0.1) is 11.6 Å². The number of hydrogen-bond acceptors (Lipinski definition) is 3. The normalized spacial score (nSPS) is 11.3. The van der Waals surface area contributed by atoms with E-state index in [1.54, 1.807) is 36.1 Å². The lowest BCUT2D eigenvalue weighted by Crippen LogP contribution is -2.39. The molecule has 0 spiro atoms. The lowest BCUT2D eigenvalue weighted by Gasteiger charge is -2.25. The largest absolute Gasteiger partial charge is 0.481 e. The van der Waals surface area contributed by atoms with Crippen molar-refractivity contribution in [2.75, 3.05) is 6.54 Å². The first-order chi connectivity index (χ1) is 11.1. The van der Waals surface area contributed by atoms with Gasteiger partial charge in [-0.25, -0.2) is 0 Å². The number of rotatable bonds is 6. The molecule has 2 aromatic carbocycles. The fraction of sp³-hybridized carbons (Fsp3) is 0.263. The van der Waals surface area contributed by atoms with E-state index in [-0.39, 0.29) is 5.91 Å². The van der Waals surface area contributed by atoms with Crippen molar-refractivity contribution >= 4 is 5.91 Å². The molecule has 0 saturated carbocycles. The monoisotopic (exact) mass is 308 g/mol. The summed E-state index contributed by atoms with van der Waals surface area (Å²) in [5.74, 6) is 0.529. The summed E-state index contributed by atoms with van der Waals surface area (Å²) in [6.45, 7) is 4.88. The summed E-state index contributed by atoms with van der Waals surface area (Å²) in [4.78, 5) is 14.3. The molecule has 0 aromatic heterocycles. The third kappa shape index (κ3) is 4.58. The molecule has 2 aromatic rings. The minimum atomic E-state index is -0.577. The van der Waals surface area contributed by atoms with Gasteiger partial charge in [0.15, 0.2) is 6.10 Å². The van der Waals surface area contributed by atoms with Gasteiger partial charge in [0.2, 0.25) is 0 Å². The van der Waals surface area contributed by atoms with Crippen LogP contribution >= 0.6 is 0 Å². The van der Waals surface area contributed by atoms with Crippen molar-refractivity contribution in [3.63, 3.8) is 0 Å². The van der Waals surface area contributed by atoms with Crippen LogP contribution in [0.1, 0.15) is 25.0 Å². The fourth-order valence-corrected chi connectivity index (χ4v) is 2.27. The summed E-state index contributed by atoms with van der Waals surface area (Å²) in [6.07, 6.45) is -0.577. The molecule has 2 rings (SSSR count). The Hall–Kier alpha value is -2.80. The number of ether oxygens (including phenoxy) is 1. The van der Waals surface area contributed by atoms with Crippen LogP contribution in [0.5, 0.6) is 5.75 Å². The van der Waals surface area contributed by atoms with E-state index in [1.807, 2.05) is 37.3 Å². The summed E-state index contributed by atoms with van der Waals surface area (Å²) in [6, 6.07) is 18.7. The molecule has 0 N–H and O–H groups in total. The predicted octanol–water partition coefficient (Wildman–Crippen LogP) is 3.37. The Bertz CT molecular complexity index is 675. The third-order valence-corrected chi connectivity index (χ3v) is 3.55. The first-order valence-electron chi connectivity index (χ1n) is 7.63. The predicted molar refractivity (Wildman–Crippen MR) is 88.8 cm³/mol. The zero-order chi connectivity index (χ0) is 16.7. The van der Waals surface area contributed by atoms with Gasteiger partial charge in [-0.2, -0.15) is 5.26 Å². The quantitative estimate of drug-likeness (QED) is 0.822. The highest BCUT2D eigenvalue weighted by molar-refractivity contribution is 5.80. The van der Waals surface area contributed by atoms with Crippen LogP contribution in [0.2, 0.25) is 0 Å². The Labute approximate surface area is 136 Å². The minimum absolute atomic E-state index is 0.0549. The molecule has 0 aliphatic heterocycles.